The molecule has 0 bridgehead atoms. The molecule has 0 saturated carbocycles. The molecule has 21 heavy (non-hydrogen) atoms. The van der Waals surface area contributed by atoms with Crippen molar-refractivity contribution in [2.75, 3.05) is 19.4 Å². The van der Waals surface area contributed by atoms with Crippen LogP contribution in [0.4, 0.5) is 0 Å². The van der Waals surface area contributed by atoms with Gasteiger partial charge in [-0.3, -0.25) is 4.79 Å². The van der Waals surface area contributed by atoms with Gasteiger partial charge in [0.25, 0.3) is 5.91 Å². The van der Waals surface area contributed by atoms with Gasteiger partial charge in [-0.25, -0.2) is 8.42 Å². The van der Waals surface area contributed by atoms with E-state index >= 15 is 0 Å². The molecule has 0 fully saturated rings. The zero-order valence-electron chi connectivity index (χ0n) is 12.3. The van der Waals surface area contributed by atoms with E-state index in [-0.39, 0.29) is 19.1 Å². The molecule has 0 atom stereocenters. The van der Waals surface area contributed by atoms with Gasteiger partial charge in [-0.1, -0.05) is 11.8 Å². The fraction of sp³-hybridized carbons (Fsp3) is 0.500. The van der Waals surface area contributed by atoms with Gasteiger partial charge in [0.05, 0.1) is 11.4 Å². The molecule has 1 heterocycles. The first-order chi connectivity index (χ1) is 9.69. The van der Waals surface area contributed by atoms with Crippen LogP contribution in [0.1, 0.15) is 35.5 Å². The van der Waals surface area contributed by atoms with Crippen molar-refractivity contribution in [3.8, 4) is 11.8 Å². The first-order valence-electron chi connectivity index (χ1n) is 6.34. The van der Waals surface area contributed by atoms with Crippen LogP contribution in [-0.4, -0.2) is 43.6 Å². The van der Waals surface area contributed by atoms with Gasteiger partial charge in [0.15, 0.2) is 9.84 Å². The summed E-state index contributed by atoms with van der Waals surface area (Å²) in [6.45, 7) is 3.14. The number of nitrogens with one attached hydrogen (secondary N) is 1. The lowest BCUT2D eigenvalue weighted by Crippen LogP contribution is -2.43. The fourth-order valence-corrected chi connectivity index (χ4v) is 2.40. The van der Waals surface area contributed by atoms with Crippen LogP contribution in [-0.2, 0) is 9.84 Å². The van der Waals surface area contributed by atoms with E-state index in [0.717, 1.165) is 6.26 Å². The van der Waals surface area contributed by atoms with E-state index in [0.29, 0.717) is 16.9 Å². The average molecular weight is 329 g/mol. The SMILES string of the molecule is CC(C)(CNC(=O)c1sccc1C#CCCO)S(C)(=O)=O. The molecule has 1 amide bonds. The van der Waals surface area contributed by atoms with E-state index in [9.17, 15) is 13.2 Å². The normalized spacial score (nSPS) is 11.6. The number of carbonyl (C=O) groups is 1. The minimum absolute atomic E-state index is 0.0266. The summed E-state index contributed by atoms with van der Waals surface area (Å²) in [4.78, 5) is 12.6. The lowest BCUT2D eigenvalue weighted by molar-refractivity contribution is 0.0954. The number of sulfone groups is 1. The van der Waals surface area contributed by atoms with Crippen molar-refractivity contribution in [2.24, 2.45) is 0 Å². The van der Waals surface area contributed by atoms with Crippen LogP contribution in [0.3, 0.4) is 0 Å². The van der Waals surface area contributed by atoms with E-state index in [1.54, 1.807) is 25.3 Å². The smallest absolute Gasteiger partial charge is 0.262 e. The molecule has 0 spiro atoms. The Bertz CT molecular complexity index is 663. The first kappa shape index (κ1) is 17.7. The molecule has 0 aliphatic carbocycles. The molecule has 7 heteroatoms. The van der Waals surface area contributed by atoms with Crippen molar-refractivity contribution in [3.05, 3.63) is 21.9 Å². The van der Waals surface area contributed by atoms with Gasteiger partial charge >= 0.3 is 0 Å². The molecule has 116 valence electrons. The maximum Gasteiger partial charge on any atom is 0.262 e. The van der Waals surface area contributed by atoms with Crippen LogP contribution in [0.5, 0.6) is 0 Å². The zero-order valence-corrected chi connectivity index (χ0v) is 13.9. The topological polar surface area (TPSA) is 83.5 Å². The van der Waals surface area contributed by atoms with E-state index in [4.69, 9.17) is 5.11 Å². The minimum atomic E-state index is -3.26. The second-order valence-corrected chi connectivity index (χ2v) is 8.72. The molecule has 0 aliphatic rings. The number of hydrogen-bond donors (Lipinski definition) is 2. The van der Waals surface area contributed by atoms with E-state index in [2.05, 4.69) is 17.2 Å². The number of aliphatic hydroxyl groups is 1. The standard InChI is InChI=1S/C14H19NO4S2/c1-14(2,21(3,18)19)10-15-13(17)12-11(7-9-20-12)6-4-5-8-16/h7,9,16H,5,8,10H2,1-3H3,(H,15,17). The number of thiophene rings is 1. The Hall–Kier alpha value is -1.36. The summed E-state index contributed by atoms with van der Waals surface area (Å²) < 4.78 is 22.2. The van der Waals surface area contributed by atoms with Crippen LogP contribution in [0.2, 0.25) is 0 Å². The fourth-order valence-electron chi connectivity index (χ4n) is 1.30. The molecule has 0 radical (unpaired) electrons. The molecule has 0 unspecified atom stereocenters. The molecular formula is C14H19NO4S2. The first-order valence-corrected chi connectivity index (χ1v) is 9.11. The molecule has 5 nitrogen and oxygen atoms in total. The van der Waals surface area contributed by atoms with Crippen molar-refractivity contribution in [3.63, 3.8) is 0 Å². The molecular weight excluding hydrogens is 310 g/mol. The van der Waals surface area contributed by atoms with Gasteiger partial charge < -0.3 is 10.4 Å². The Kier molecular flexibility index (Phi) is 5.96. The van der Waals surface area contributed by atoms with E-state index < -0.39 is 14.6 Å². The second-order valence-electron chi connectivity index (χ2n) is 5.15. The highest BCUT2D eigenvalue weighted by atomic mass is 32.2. The number of hydrogen-bond acceptors (Lipinski definition) is 5. The average Bonchev–Trinajstić information content (AvgIpc) is 2.83. The monoisotopic (exact) mass is 329 g/mol. The van der Waals surface area contributed by atoms with Crippen molar-refractivity contribution in [2.45, 2.75) is 25.0 Å². The summed E-state index contributed by atoms with van der Waals surface area (Å²) in [6.07, 6.45) is 1.49. The molecule has 0 saturated heterocycles. The Morgan fingerprint density at radius 2 is 2.14 bits per heavy atom. The van der Waals surface area contributed by atoms with Crippen LogP contribution >= 0.6 is 11.3 Å². The summed E-state index contributed by atoms with van der Waals surface area (Å²) in [7, 11) is -3.26. The predicted molar refractivity (Wildman–Crippen MR) is 84.2 cm³/mol. The van der Waals surface area contributed by atoms with Crippen molar-refractivity contribution >= 4 is 27.1 Å². The van der Waals surface area contributed by atoms with Gasteiger partial charge in [0.1, 0.15) is 4.88 Å². The van der Waals surface area contributed by atoms with Gasteiger partial charge in [-0.05, 0) is 25.3 Å². The Balaban J connectivity index is 2.79. The largest absolute Gasteiger partial charge is 0.395 e. The third-order valence-corrected chi connectivity index (χ3v) is 6.07. The lowest BCUT2D eigenvalue weighted by atomic mass is 10.2. The maximum atomic E-state index is 12.1. The third kappa shape index (κ3) is 4.84. The summed E-state index contributed by atoms with van der Waals surface area (Å²) in [6, 6.07) is 1.73. The molecule has 0 aromatic carbocycles. The maximum absolute atomic E-state index is 12.1. The summed E-state index contributed by atoms with van der Waals surface area (Å²) in [5, 5.41) is 13.1. The zero-order chi connectivity index (χ0) is 16.1. The van der Waals surface area contributed by atoms with E-state index in [1.165, 1.54) is 11.3 Å². The third-order valence-electron chi connectivity index (χ3n) is 3.01. The molecule has 1 aromatic heterocycles. The highest BCUT2D eigenvalue weighted by molar-refractivity contribution is 7.92. The highest BCUT2D eigenvalue weighted by Crippen LogP contribution is 2.17. The van der Waals surface area contributed by atoms with Crippen LogP contribution < -0.4 is 5.32 Å². The second kappa shape index (κ2) is 7.07. The Morgan fingerprint density at radius 1 is 1.48 bits per heavy atom. The van der Waals surface area contributed by atoms with Crippen LogP contribution in [0.25, 0.3) is 0 Å². The summed E-state index contributed by atoms with van der Waals surface area (Å²) >= 11 is 1.25. The highest BCUT2D eigenvalue weighted by Gasteiger charge is 2.30. The van der Waals surface area contributed by atoms with Gasteiger partial charge in [0.2, 0.25) is 0 Å². The van der Waals surface area contributed by atoms with Crippen LogP contribution in [0.15, 0.2) is 11.4 Å². The van der Waals surface area contributed by atoms with Crippen LogP contribution in [0, 0.1) is 11.8 Å². The van der Waals surface area contributed by atoms with Crippen molar-refractivity contribution in [1.29, 1.82) is 0 Å². The quantitative estimate of drug-likeness (QED) is 0.791. The van der Waals surface area contributed by atoms with Gasteiger partial charge in [-0.15, -0.1) is 11.3 Å². The molecule has 0 aliphatic heterocycles. The molecule has 2 N–H and O–H groups in total. The number of amides is 1. The van der Waals surface area contributed by atoms with Gasteiger partial charge in [-0.2, -0.15) is 0 Å². The Morgan fingerprint density at radius 3 is 2.71 bits per heavy atom. The molecule has 1 aromatic rings. The Labute approximate surface area is 129 Å². The molecule has 1 rings (SSSR count). The lowest BCUT2D eigenvalue weighted by Gasteiger charge is -2.22. The van der Waals surface area contributed by atoms with Gasteiger partial charge in [0, 0.05) is 24.8 Å². The summed E-state index contributed by atoms with van der Waals surface area (Å²) in [5.74, 6) is 5.25. The number of rotatable bonds is 5. The minimum Gasteiger partial charge on any atom is -0.395 e. The van der Waals surface area contributed by atoms with Crippen molar-refractivity contribution in [1.82, 2.24) is 5.32 Å². The summed E-state index contributed by atoms with van der Waals surface area (Å²) in [5.41, 5.74) is 0.586. The number of aliphatic hydroxyl groups excluding tert-OH is 1. The van der Waals surface area contributed by atoms with E-state index in [1.807, 2.05) is 0 Å². The number of carbonyl (C=O) groups excluding carboxylic acids is 1. The predicted octanol–water partition coefficient (Wildman–Crippen LogP) is 1.04. The van der Waals surface area contributed by atoms with Crippen molar-refractivity contribution < 1.29 is 18.3 Å².